The van der Waals surface area contributed by atoms with Crippen LogP contribution in [0.4, 0.5) is 11.5 Å². The van der Waals surface area contributed by atoms with Gasteiger partial charge in [-0.2, -0.15) is 5.10 Å². The summed E-state index contributed by atoms with van der Waals surface area (Å²) in [5.74, 6) is 0.484. The van der Waals surface area contributed by atoms with Crippen molar-refractivity contribution < 1.29 is 9.59 Å². The Kier molecular flexibility index (Phi) is 7.61. The molecule has 3 aromatic heterocycles. The van der Waals surface area contributed by atoms with Crippen LogP contribution < -0.4 is 16.0 Å². The number of pyridine rings is 1. The highest BCUT2D eigenvalue weighted by Gasteiger charge is 2.27. The van der Waals surface area contributed by atoms with Gasteiger partial charge in [0.25, 0.3) is 5.91 Å². The monoisotopic (exact) mass is 486 g/mol. The molecule has 0 spiro atoms. The zero-order chi connectivity index (χ0) is 23.2. The molecule has 1 saturated carbocycles. The highest BCUT2D eigenvalue weighted by atomic mass is 35.5. The van der Waals surface area contributed by atoms with Crippen LogP contribution >= 0.6 is 22.9 Å². The van der Waals surface area contributed by atoms with Crippen LogP contribution in [0.2, 0.25) is 5.02 Å². The van der Waals surface area contributed by atoms with Crippen molar-refractivity contribution in [2.24, 2.45) is 5.92 Å². The molecule has 1 fully saturated rings. The van der Waals surface area contributed by atoms with Crippen LogP contribution in [0, 0.1) is 12.8 Å². The number of carbonyl (C=O) groups is 2. The van der Waals surface area contributed by atoms with Gasteiger partial charge in [-0.3, -0.25) is 19.7 Å². The van der Waals surface area contributed by atoms with Gasteiger partial charge in [0, 0.05) is 23.7 Å². The van der Waals surface area contributed by atoms with Crippen molar-refractivity contribution in [3.8, 4) is 0 Å². The van der Waals surface area contributed by atoms with Crippen LogP contribution in [0.15, 0.2) is 36.7 Å². The molecule has 8 nitrogen and oxygen atoms in total. The van der Waals surface area contributed by atoms with Gasteiger partial charge >= 0.3 is 0 Å². The maximum Gasteiger partial charge on any atom is 0.262 e. The molecule has 4 N–H and O–H groups in total. The number of nitrogens with zero attached hydrogens (tertiary/aromatic N) is 2. The van der Waals surface area contributed by atoms with Crippen molar-refractivity contribution in [1.82, 2.24) is 20.5 Å². The van der Waals surface area contributed by atoms with E-state index in [0.29, 0.717) is 34.6 Å². The third kappa shape index (κ3) is 6.33. The Morgan fingerprint density at radius 1 is 1.27 bits per heavy atom. The van der Waals surface area contributed by atoms with E-state index in [2.05, 4.69) is 31.1 Å². The van der Waals surface area contributed by atoms with Gasteiger partial charge in [-0.25, -0.2) is 0 Å². The largest absolute Gasteiger partial charge is 0.379 e. The number of rotatable bonds is 9. The number of halogens is 1. The molecule has 3 aromatic rings. The number of H-pyrrole nitrogens is 1. The number of hydrogen-bond acceptors (Lipinski definition) is 6. The molecule has 10 heteroatoms. The van der Waals surface area contributed by atoms with E-state index in [0.717, 1.165) is 29.1 Å². The summed E-state index contributed by atoms with van der Waals surface area (Å²) >= 11 is 7.43. The second kappa shape index (κ2) is 10.8. The van der Waals surface area contributed by atoms with Gasteiger partial charge < -0.3 is 16.0 Å². The summed E-state index contributed by atoms with van der Waals surface area (Å²) in [6.45, 7) is 2.46. The maximum absolute atomic E-state index is 13.0. The fourth-order valence-electron chi connectivity index (χ4n) is 4.05. The predicted molar refractivity (Wildman–Crippen MR) is 131 cm³/mol. The lowest BCUT2D eigenvalue weighted by Crippen LogP contribution is -2.44. The zero-order valence-electron chi connectivity index (χ0n) is 18.4. The highest BCUT2D eigenvalue weighted by molar-refractivity contribution is 7.14. The lowest BCUT2D eigenvalue weighted by Gasteiger charge is -2.20. The molecule has 3 heterocycles. The predicted octanol–water partition coefficient (Wildman–Crippen LogP) is 4.76. The molecule has 1 aliphatic rings. The van der Waals surface area contributed by atoms with E-state index in [1.807, 2.05) is 19.1 Å². The molecule has 1 aliphatic carbocycles. The van der Waals surface area contributed by atoms with Crippen molar-refractivity contribution >= 4 is 46.3 Å². The van der Waals surface area contributed by atoms with Crippen LogP contribution in [0.5, 0.6) is 0 Å². The second-order valence-corrected chi connectivity index (χ2v) is 9.88. The Balaban J connectivity index is 1.39. The van der Waals surface area contributed by atoms with E-state index in [1.54, 1.807) is 24.5 Å². The molecular weight excluding hydrogens is 460 g/mol. The third-order valence-electron chi connectivity index (χ3n) is 5.82. The zero-order valence-corrected chi connectivity index (χ0v) is 19.9. The van der Waals surface area contributed by atoms with Crippen LogP contribution in [0.3, 0.4) is 0 Å². The molecule has 0 radical (unpaired) electrons. The molecule has 33 heavy (non-hydrogen) atoms. The average Bonchev–Trinajstić information content (AvgIpc) is 3.57. The summed E-state index contributed by atoms with van der Waals surface area (Å²) in [5.41, 5.74) is 1.71. The SMILES string of the molecule is Cc1ncc(Cl)cc1NCc1ccc(C(=O)N[C@@H](CC2CCCC2)C(=O)Nc2ccn[nH]2)s1. The summed E-state index contributed by atoms with van der Waals surface area (Å²) in [5, 5.41) is 16.2. The molecule has 0 aromatic carbocycles. The first-order valence-electron chi connectivity index (χ1n) is 11.0. The normalized spacial score (nSPS) is 14.7. The lowest BCUT2D eigenvalue weighted by molar-refractivity contribution is -0.118. The van der Waals surface area contributed by atoms with Gasteiger partial charge in [-0.1, -0.05) is 37.3 Å². The first-order valence-corrected chi connectivity index (χ1v) is 12.2. The number of aromatic amines is 1. The van der Waals surface area contributed by atoms with E-state index in [9.17, 15) is 9.59 Å². The third-order valence-corrected chi connectivity index (χ3v) is 7.11. The minimum absolute atomic E-state index is 0.234. The molecule has 1 atom stereocenters. The Bertz CT molecular complexity index is 1090. The number of nitrogens with one attached hydrogen (secondary N) is 4. The van der Waals surface area contributed by atoms with E-state index in [1.165, 1.54) is 24.2 Å². The van der Waals surface area contributed by atoms with Crippen LogP contribution in [0.25, 0.3) is 0 Å². The van der Waals surface area contributed by atoms with Crippen molar-refractivity contribution in [1.29, 1.82) is 0 Å². The van der Waals surface area contributed by atoms with Gasteiger partial charge in [-0.05, 0) is 37.5 Å². The van der Waals surface area contributed by atoms with Crippen molar-refractivity contribution in [3.63, 3.8) is 0 Å². The highest BCUT2D eigenvalue weighted by Crippen LogP contribution is 2.29. The van der Waals surface area contributed by atoms with E-state index in [-0.39, 0.29) is 11.8 Å². The van der Waals surface area contributed by atoms with Crippen LogP contribution in [-0.4, -0.2) is 33.0 Å². The number of anilines is 2. The van der Waals surface area contributed by atoms with Gasteiger partial charge in [0.1, 0.15) is 11.9 Å². The molecule has 0 bridgehead atoms. The number of thiophene rings is 1. The summed E-state index contributed by atoms with van der Waals surface area (Å²) in [7, 11) is 0. The smallest absolute Gasteiger partial charge is 0.262 e. The Morgan fingerprint density at radius 3 is 2.85 bits per heavy atom. The molecular formula is C23H27ClN6O2S. The first kappa shape index (κ1) is 23.3. The van der Waals surface area contributed by atoms with E-state index < -0.39 is 6.04 Å². The second-order valence-electron chi connectivity index (χ2n) is 8.28. The fourth-order valence-corrected chi connectivity index (χ4v) is 5.06. The minimum atomic E-state index is -0.604. The fraction of sp³-hybridized carbons (Fsp3) is 0.391. The molecule has 0 aliphatic heterocycles. The summed E-state index contributed by atoms with van der Waals surface area (Å²) in [6.07, 6.45) is 8.36. The van der Waals surface area contributed by atoms with Gasteiger partial charge in [-0.15, -0.1) is 11.3 Å². The Labute approximate surface area is 201 Å². The first-order chi connectivity index (χ1) is 16.0. The molecule has 0 unspecified atom stereocenters. The standard InChI is InChI=1S/C23H27ClN6O2S/c1-14-18(11-16(24)12-25-14)26-13-17-6-7-20(33-17)23(32)28-19(10-15-4-2-3-5-15)22(31)29-21-8-9-27-30-21/h6-9,11-12,15,19,26H,2-5,10,13H2,1H3,(H,28,32)(H2,27,29,30,31)/t19-/m0/s1. The van der Waals surface area contributed by atoms with Crippen molar-refractivity contribution in [3.05, 3.63) is 57.1 Å². The maximum atomic E-state index is 13.0. The van der Waals surface area contributed by atoms with Crippen LogP contribution in [0.1, 0.15) is 52.3 Å². The van der Waals surface area contributed by atoms with Crippen molar-refractivity contribution in [2.75, 3.05) is 10.6 Å². The molecule has 2 amide bonds. The molecule has 174 valence electrons. The summed E-state index contributed by atoms with van der Waals surface area (Å²) < 4.78 is 0. The van der Waals surface area contributed by atoms with E-state index >= 15 is 0 Å². The Morgan fingerprint density at radius 2 is 2.09 bits per heavy atom. The number of aromatic nitrogens is 3. The average molecular weight is 487 g/mol. The number of hydrogen-bond donors (Lipinski definition) is 4. The Hall–Kier alpha value is -2.91. The quantitative estimate of drug-likeness (QED) is 0.348. The summed E-state index contributed by atoms with van der Waals surface area (Å²) in [4.78, 5) is 31.7. The topological polar surface area (TPSA) is 112 Å². The number of aryl methyl sites for hydroxylation is 1. The van der Waals surface area contributed by atoms with Gasteiger partial charge in [0.15, 0.2) is 0 Å². The van der Waals surface area contributed by atoms with Crippen molar-refractivity contribution in [2.45, 2.75) is 51.6 Å². The number of carbonyl (C=O) groups excluding carboxylic acids is 2. The summed E-state index contributed by atoms with van der Waals surface area (Å²) in [6, 6.07) is 6.61. The van der Waals surface area contributed by atoms with Crippen LogP contribution in [-0.2, 0) is 11.3 Å². The van der Waals surface area contributed by atoms with Gasteiger partial charge in [0.05, 0.1) is 27.5 Å². The molecule has 4 rings (SSSR count). The lowest BCUT2D eigenvalue weighted by atomic mass is 9.97. The minimum Gasteiger partial charge on any atom is -0.379 e. The van der Waals surface area contributed by atoms with Gasteiger partial charge in [0.2, 0.25) is 5.91 Å². The molecule has 0 saturated heterocycles. The number of amides is 2. The van der Waals surface area contributed by atoms with E-state index in [4.69, 9.17) is 11.6 Å².